The van der Waals surface area contributed by atoms with Gasteiger partial charge in [-0.1, -0.05) is 12.1 Å². The zero-order valence-electron chi connectivity index (χ0n) is 10.9. The third-order valence-electron chi connectivity index (χ3n) is 2.68. The van der Waals surface area contributed by atoms with Crippen LogP contribution in [0, 0.1) is 0 Å². The van der Waals surface area contributed by atoms with Gasteiger partial charge < -0.3 is 10.8 Å². The Hall–Kier alpha value is -1.60. The number of hydrogen-bond acceptors (Lipinski definition) is 3. The molecule has 20 heavy (non-hydrogen) atoms. The van der Waals surface area contributed by atoms with Crippen LogP contribution >= 0.6 is 0 Å². The standard InChI is InChI=1S/C13H17F3N2O2/c14-13(15,16)9-18(6-1-7-19)8-10-2-4-11(5-3-10)12(17)20/h2-5,19H,1,6-9H2,(H2,17,20). The molecule has 3 N–H and O–H groups in total. The fraction of sp³-hybridized carbons (Fsp3) is 0.462. The summed E-state index contributed by atoms with van der Waals surface area (Å²) in [5.41, 5.74) is 6.05. The van der Waals surface area contributed by atoms with Crippen LogP contribution in [-0.4, -0.2) is 41.8 Å². The number of aliphatic hydroxyl groups is 1. The molecule has 0 unspecified atom stereocenters. The Morgan fingerprint density at radius 3 is 2.30 bits per heavy atom. The normalized spacial score (nSPS) is 11.8. The maximum absolute atomic E-state index is 12.4. The van der Waals surface area contributed by atoms with Crippen LogP contribution in [0.1, 0.15) is 22.3 Å². The van der Waals surface area contributed by atoms with Gasteiger partial charge in [0.1, 0.15) is 0 Å². The summed E-state index contributed by atoms with van der Waals surface area (Å²) in [5, 5.41) is 8.72. The number of nitrogens with zero attached hydrogens (tertiary/aromatic N) is 1. The Kier molecular flexibility index (Phi) is 5.97. The van der Waals surface area contributed by atoms with E-state index in [1.807, 2.05) is 0 Å². The van der Waals surface area contributed by atoms with E-state index in [2.05, 4.69) is 0 Å². The molecule has 0 aliphatic carbocycles. The van der Waals surface area contributed by atoms with Crippen molar-refractivity contribution in [1.29, 1.82) is 0 Å². The number of primary amides is 1. The van der Waals surface area contributed by atoms with Gasteiger partial charge in [0, 0.05) is 25.3 Å². The Labute approximate surface area is 115 Å². The first-order chi connectivity index (χ1) is 9.31. The lowest BCUT2D eigenvalue weighted by Crippen LogP contribution is -2.34. The van der Waals surface area contributed by atoms with Crippen LogP contribution in [0.5, 0.6) is 0 Å². The monoisotopic (exact) mass is 290 g/mol. The first-order valence-electron chi connectivity index (χ1n) is 6.10. The minimum atomic E-state index is -4.29. The number of aliphatic hydroxyl groups excluding tert-OH is 1. The van der Waals surface area contributed by atoms with Gasteiger partial charge >= 0.3 is 6.18 Å². The number of halogens is 3. The van der Waals surface area contributed by atoms with Gasteiger partial charge in [-0.15, -0.1) is 0 Å². The highest BCUT2D eigenvalue weighted by Gasteiger charge is 2.30. The number of hydrogen-bond donors (Lipinski definition) is 2. The van der Waals surface area contributed by atoms with Crippen LogP contribution in [0.3, 0.4) is 0 Å². The number of rotatable bonds is 7. The predicted octanol–water partition coefficient (Wildman–Crippen LogP) is 1.53. The zero-order valence-corrected chi connectivity index (χ0v) is 10.9. The number of nitrogens with two attached hydrogens (primary N) is 1. The summed E-state index contributed by atoms with van der Waals surface area (Å²) in [6.45, 7) is -0.953. The summed E-state index contributed by atoms with van der Waals surface area (Å²) in [7, 11) is 0. The second-order valence-corrected chi connectivity index (χ2v) is 4.46. The molecular weight excluding hydrogens is 273 g/mol. The molecule has 0 heterocycles. The van der Waals surface area contributed by atoms with E-state index in [4.69, 9.17) is 10.8 Å². The molecule has 1 amide bonds. The smallest absolute Gasteiger partial charge is 0.396 e. The van der Waals surface area contributed by atoms with Crippen molar-refractivity contribution < 1.29 is 23.1 Å². The molecule has 0 aromatic heterocycles. The molecule has 1 rings (SSSR count). The first-order valence-corrected chi connectivity index (χ1v) is 6.10. The van der Waals surface area contributed by atoms with Crippen molar-refractivity contribution in [2.75, 3.05) is 19.7 Å². The molecule has 7 heteroatoms. The summed E-state index contributed by atoms with van der Waals surface area (Å²) in [6.07, 6.45) is -4.02. The minimum absolute atomic E-state index is 0.0958. The van der Waals surface area contributed by atoms with E-state index < -0.39 is 18.6 Å². The average Bonchev–Trinajstić information content (AvgIpc) is 2.35. The molecule has 0 aliphatic rings. The molecule has 112 valence electrons. The van der Waals surface area contributed by atoms with Crippen LogP contribution in [0.25, 0.3) is 0 Å². The van der Waals surface area contributed by atoms with Gasteiger partial charge in [0.05, 0.1) is 6.54 Å². The van der Waals surface area contributed by atoms with E-state index in [0.29, 0.717) is 11.1 Å². The molecule has 0 bridgehead atoms. The largest absolute Gasteiger partial charge is 0.401 e. The Bertz CT molecular complexity index is 432. The quantitative estimate of drug-likeness (QED) is 0.800. The van der Waals surface area contributed by atoms with Crippen LogP contribution in [-0.2, 0) is 6.54 Å². The predicted molar refractivity (Wildman–Crippen MR) is 68.0 cm³/mol. The van der Waals surface area contributed by atoms with Gasteiger partial charge in [-0.05, 0) is 24.1 Å². The van der Waals surface area contributed by atoms with E-state index in [0.717, 1.165) is 0 Å². The van der Waals surface area contributed by atoms with Crippen LogP contribution in [0.4, 0.5) is 13.2 Å². The molecule has 0 radical (unpaired) electrons. The molecule has 0 saturated heterocycles. The van der Waals surface area contributed by atoms with E-state index in [1.165, 1.54) is 17.0 Å². The number of carbonyl (C=O) groups excluding carboxylic acids is 1. The molecule has 1 aromatic carbocycles. The summed E-state index contributed by atoms with van der Waals surface area (Å²) < 4.78 is 37.3. The second-order valence-electron chi connectivity index (χ2n) is 4.46. The number of amides is 1. The van der Waals surface area contributed by atoms with E-state index in [9.17, 15) is 18.0 Å². The molecule has 0 spiro atoms. The highest BCUT2D eigenvalue weighted by atomic mass is 19.4. The Balaban J connectivity index is 2.70. The molecule has 1 aromatic rings. The topological polar surface area (TPSA) is 66.6 Å². The van der Waals surface area contributed by atoms with Crippen molar-refractivity contribution in [3.8, 4) is 0 Å². The third-order valence-corrected chi connectivity index (χ3v) is 2.68. The van der Waals surface area contributed by atoms with Crippen molar-refractivity contribution in [2.45, 2.75) is 19.1 Å². The Morgan fingerprint density at radius 2 is 1.85 bits per heavy atom. The molecule has 0 aliphatic heterocycles. The minimum Gasteiger partial charge on any atom is -0.396 e. The van der Waals surface area contributed by atoms with Gasteiger partial charge in [-0.25, -0.2) is 0 Å². The van der Waals surface area contributed by atoms with E-state index in [-0.39, 0.29) is 26.1 Å². The van der Waals surface area contributed by atoms with Crippen LogP contribution in [0.2, 0.25) is 0 Å². The van der Waals surface area contributed by atoms with Gasteiger partial charge in [0.25, 0.3) is 0 Å². The van der Waals surface area contributed by atoms with Crippen molar-refractivity contribution in [3.05, 3.63) is 35.4 Å². The second kappa shape index (κ2) is 7.25. The summed E-state index contributed by atoms with van der Waals surface area (Å²) >= 11 is 0. The van der Waals surface area contributed by atoms with Crippen LogP contribution in [0.15, 0.2) is 24.3 Å². The number of carbonyl (C=O) groups is 1. The van der Waals surface area contributed by atoms with Gasteiger partial charge in [-0.3, -0.25) is 9.69 Å². The highest BCUT2D eigenvalue weighted by Crippen LogP contribution is 2.18. The molecule has 0 saturated carbocycles. The molecule has 0 atom stereocenters. The van der Waals surface area contributed by atoms with Gasteiger partial charge in [0.15, 0.2) is 0 Å². The lowest BCUT2D eigenvalue weighted by atomic mass is 10.1. The number of alkyl halides is 3. The lowest BCUT2D eigenvalue weighted by molar-refractivity contribution is -0.147. The van der Waals surface area contributed by atoms with Gasteiger partial charge in [0.2, 0.25) is 5.91 Å². The van der Waals surface area contributed by atoms with Gasteiger partial charge in [-0.2, -0.15) is 13.2 Å². The molecular formula is C13H17F3N2O2. The van der Waals surface area contributed by atoms with Crippen molar-refractivity contribution in [1.82, 2.24) is 4.90 Å². The third kappa shape index (κ3) is 6.03. The highest BCUT2D eigenvalue weighted by molar-refractivity contribution is 5.92. The maximum atomic E-state index is 12.4. The fourth-order valence-electron chi connectivity index (χ4n) is 1.79. The van der Waals surface area contributed by atoms with Crippen molar-refractivity contribution in [3.63, 3.8) is 0 Å². The maximum Gasteiger partial charge on any atom is 0.401 e. The first kappa shape index (κ1) is 16.5. The number of benzene rings is 1. The van der Waals surface area contributed by atoms with Crippen molar-refractivity contribution >= 4 is 5.91 Å². The summed E-state index contributed by atoms with van der Waals surface area (Å²) in [5.74, 6) is -0.580. The molecule has 4 nitrogen and oxygen atoms in total. The average molecular weight is 290 g/mol. The molecule has 0 fully saturated rings. The van der Waals surface area contributed by atoms with E-state index >= 15 is 0 Å². The summed E-state index contributed by atoms with van der Waals surface area (Å²) in [4.78, 5) is 12.1. The lowest BCUT2D eigenvalue weighted by Gasteiger charge is -2.23. The van der Waals surface area contributed by atoms with Crippen LogP contribution < -0.4 is 5.73 Å². The van der Waals surface area contributed by atoms with Crippen molar-refractivity contribution in [2.24, 2.45) is 5.73 Å². The SMILES string of the molecule is NC(=O)c1ccc(CN(CCCO)CC(F)(F)F)cc1. The summed E-state index contributed by atoms with van der Waals surface area (Å²) in [6, 6.07) is 6.11. The zero-order chi connectivity index (χ0) is 15.2. The fourth-order valence-corrected chi connectivity index (χ4v) is 1.79. The Morgan fingerprint density at radius 1 is 1.25 bits per heavy atom. The van der Waals surface area contributed by atoms with E-state index in [1.54, 1.807) is 12.1 Å².